The molecule has 2 N–H and O–H groups in total. The minimum Gasteiger partial charge on any atom is -0.483 e. The first-order valence-electron chi connectivity index (χ1n) is 9.41. The lowest BCUT2D eigenvalue weighted by Crippen LogP contribution is -2.38. The highest BCUT2D eigenvalue weighted by Crippen LogP contribution is 2.16. The predicted octanol–water partition coefficient (Wildman–Crippen LogP) is 0.731. The smallest absolute Gasteiger partial charge is 0.290 e. The zero-order chi connectivity index (χ0) is 21.7. The van der Waals surface area contributed by atoms with Gasteiger partial charge in [0.05, 0.1) is 18.1 Å². The number of rotatable bonds is 9. The number of carbonyl (C=O) groups excluding carboxylic acids is 1. The molecule has 1 amide bonds. The zero-order valence-electron chi connectivity index (χ0n) is 16.7. The Morgan fingerprint density at radius 3 is 2.45 bits per heavy atom. The molecule has 29 heavy (non-hydrogen) atoms. The van der Waals surface area contributed by atoms with Gasteiger partial charge in [0, 0.05) is 32.1 Å². The van der Waals surface area contributed by atoms with Gasteiger partial charge in [-0.05, 0) is 19.0 Å². The first kappa shape index (κ1) is 24.8. The minimum atomic E-state index is -2.92. The van der Waals surface area contributed by atoms with Crippen molar-refractivity contribution in [3.63, 3.8) is 0 Å². The summed E-state index contributed by atoms with van der Waals surface area (Å²) in [5, 5.41) is 16.1. The van der Waals surface area contributed by atoms with Crippen molar-refractivity contribution in [1.82, 2.24) is 9.80 Å². The Bertz CT molecular complexity index is 751. The van der Waals surface area contributed by atoms with Crippen LogP contribution in [0, 0.1) is 0 Å². The quantitative estimate of drug-likeness (QED) is 0.559. The molecule has 0 bridgehead atoms. The summed E-state index contributed by atoms with van der Waals surface area (Å²) in [5.74, 6) is 0.374. The van der Waals surface area contributed by atoms with Crippen LogP contribution in [0.3, 0.4) is 0 Å². The van der Waals surface area contributed by atoms with Crippen LogP contribution in [0.2, 0.25) is 0 Å². The van der Waals surface area contributed by atoms with Crippen molar-refractivity contribution in [2.45, 2.75) is 18.9 Å². The molecule has 1 aliphatic heterocycles. The molecule has 1 aliphatic rings. The van der Waals surface area contributed by atoms with Gasteiger partial charge >= 0.3 is 0 Å². The number of carbonyl (C=O) groups is 2. The summed E-state index contributed by atoms with van der Waals surface area (Å²) in [7, 11) is -1.06. The maximum absolute atomic E-state index is 12.5. The summed E-state index contributed by atoms with van der Waals surface area (Å²) in [6.45, 7) is 0.917. The first-order valence-corrected chi connectivity index (χ1v) is 11.2. The molecule has 1 fully saturated rings. The number of hydrogen-bond acceptors (Lipinski definition) is 6. The van der Waals surface area contributed by atoms with Crippen molar-refractivity contribution in [2.24, 2.45) is 0 Å². The standard InChI is InChI=1S/C19H28N2O4S.CH2O2/c1-20(18-10-15-26(24,25)16-18)12-9-19(23)21(13-14-22)11-5-8-17-6-3-2-4-7-17;2-1-3/h2-8,18,22H,9-16H2,1H3;1H,(H,2,3). The van der Waals surface area contributed by atoms with Crippen molar-refractivity contribution < 1.29 is 28.2 Å². The summed E-state index contributed by atoms with van der Waals surface area (Å²) < 4.78 is 23.1. The van der Waals surface area contributed by atoms with Crippen molar-refractivity contribution in [1.29, 1.82) is 0 Å². The predicted molar refractivity (Wildman–Crippen MR) is 112 cm³/mol. The molecule has 9 heteroatoms. The van der Waals surface area contributed by atoms with Crippen molar-refractivity contribution in [3.05, 3.63) is 42.0 Å². The maximum atomic E-state index is 12.5. The summed E-state index contributed by atoms with van der Waals surface area (Å²) >= 11 is 0. The molecule has 8 nitrogen and oxygen atoms in total. The van der Waals surface area contributed by atoms with E-state index in [9.17, 15) is 18.3 Å². The van der Waals surface area contributed by atoms with Crippen LogP contribution in [-0.2, 0) is 19.4 Å². The van der Waals surface area contributed by atoms with Crippen molar-refractivity contribution in [3.8, 4) is 0 Å². The molecule has 0 saturated carbocycles. The van der Waals surface area contributed by atoms with Gasteiger partial charge in [-0.15, -0.1) is 0 Å². The number of carboxylic acid groups (broad SMARTS) is 1. The number of hydrogen-bond donors (Lipinski definition) is 2. The van der Waals surface area contributed by atoms with E-state index in [-0.39, 0.29) is 36.5 Å². The van der Waals surface area contributed by atoms with Crippen LogP contribution in [0.5, 0.6) is 0 Å². The Hall–Kier alpha value is -2.23. The van der Waals surface area contributed by atoms with E-state index < -0.39 is 9.84 Å². The first-order chi connectivity index (χ1) is 13.8. The van der Waals surface area contributed by atoms with E-state index in [1.54, 1.807) is 4.90 Å². The minimum absolute atomic E-state index is 0.00271. The number of aliphatic hydroxyl groups excluding tert-OH is 1. The average molecular weight is 427 g/mol. The topological polar surface area (TPSA) is 115 Å². The monoisotopic (exact) mass is 426 g/mol. The fourth-order valence-electron chi connectivity index (χ4n) is 3.05. The molecule has 0 aromatic heterocycles. The highest BCUT2D eigenvalue weighted by molar-refractivity contribution is 7.91. The van der Waals surface area contributed by atoms with E-state index in [4.69, 9.17) is 9.90 Å². The molecular weight excluding hydrogens is 396 g/mol. The number of amides is 1. The summed E-state index contributed by atoms with van der Waals surface area (Å²) in [5.41, 5.74) is 1.06. The van der Waals surface area contributed by atoms with Gasteiger partial charge in [0.15, 0.2) is 9.84 Å². The van der Waals surface area contributed by atoms with Crippen molar-refractivity contribution in [2.75, 3.05) is 44.8 Å². The fraction of sp³-hybridized carbons (Fsp3) is 0.500. The third-order valence-corrected chi connectivity index (χ3v) is 6.42. The average Bonchev–Trinajstić information content (AvgIpc) is 3.06. The zero-order valence-corrected chi connectivity index (χ0v) is 17.5. The molecule has 0 spiro atoms. The molecule has 1 saturated heterocycles. The molecule has 1 heterocycles. The van der Waals surface area contributed by atoms with Crippen molar-refractivity contribution >= 4 is 28.3 Å². The van der Waals surface area contributed by atoms with Gasteiger partial charge in [-0.2, -0.15) is 0 Å². The lowest BCUT2D eigenvalue weighted by Gasteiger charge is -2.25. The Kier molecular flexibility index (Phi) is 11.2. The molecule has 162 valence electrons. The van der Waals surface area contributed by atoms with Gasteiger partial charge in [-0.1, -0.05) is 42.5 Å². The summed E-state index contributed by atoms with van der Waals surface area (Å²) in [6.07, 6.45) is 4.81. The largest absolute Gasteiger partial charge is 0.483 e. The number of benzene rings is 1. The second-order valence-electron chi connectivity index (χ2n) is 6.77. The molecule has 0 radical (unpaired) electrons. The molecule has 1 aromatic carbocycles. The van der Waals surface area contributed by atoms with Crippen LogP contribution >= 0.6 is 0 Å². The van der Waals surface area contributed by atoms with E-state index in [0.29, 0.717) is 32.5 Å². The molecular formula is C20H30N2O6S. The van der Waals surface area contributed by atoms with E-state index in [0.717, 1.165) is 5.56 Å². The molecule has 1 unspecified atom stereocenters. The van der Waals surface area contributed by atoms with Gasteiger partial charge in [0.2, 0.25) is 5.91 Å². The molecule has 2 rings (SSSR count). The lowest BCUT2D eigenvalue weighted by atomic mass is 10.2. The molecule has 1 atom stereocenters. The second kappa shape index (κ2) is 13.1. The fourth-order valence-corrected chi connectivity index (χ4v) is 4.86. The Labute approximate surface area is 172 Å². The normalized spacial score (nSPS) is 17.7. The van der Waals surface area contributed by atoms with E-state index in [2.05, 4.69) is 0 Å². The van der Waals surface area contributed by atoms with E-state index in [1.165, 1.54) is 0 Å². The number of aliphatic hydroxyl groups is 1. The number of nitrogens with zero attached hydrogens (tertiary/aromatic N) is 2. The van der Waals surface area contributed by atoms with Crippen LogP contribution in [-0.4, -0.2) is 91.6 Å². The maximum Gasteiger partial charge on any atom is 0.290 e. The van der Waals surface area contributed by atoms with Gasteiger partial charge in [0.1, 0.15) is 0 Å². The number of sulfone groups is 1. The Balaban J connectivity index is 0.00000132. The van der Waals surface area contributed by atoms with E-state index in [1.807, 2.05) is 54.4 Å². The Morgan fingerprint density at radius 1 is 1.24 bits per heavy atom. The van der Waals surface area contributed by atoms with Crippen LogP contribution in [0.25, 0.3) is 6.08 Å². The van der Waals surface area contributed by atoms with Gasteiger partial charge in [-0.3, -0.25) is 9.59 Å². The van der Waals surface area contributed by atoms with Crippen LogP contribution in [0.4, 0.5) is 0 Å². The van der Waals surface area contributed by atoms with Gasteiger partial charge in [0.25, 0.3) is 6.47 Å². The van der Waals surface area contributed by atoms with Crippen LogP contribution < -0.4 is 0 Å². The van der Waals surface area contributed by atoms with Gasteiger partial charge in [-0.25, -0.2) is 8.42 Å². The summed E-state index contributed by atoms with van der Waals surface area (Å²) in [4.78, 5) is 24.4. The molecule has 0 aliphatic carbocycles. The Morgan fingerprint density at radius 2 is 1.90 bits per heavy atom. The SMILES string of the molecule is CN(CCC(=O)N(CC=Cc1ccccc1)CCO)C1CCS(=O)(=O)C1.O=CO. The van der Waals surface area contributed by atoms with Gasteiger partial charge < -0.3 is 20.0 Å². The highest BCUT2D eigenvalue weighted by atomic mass is 32.2. The highest BCUT2D eigenvalue weighted by Gasteiger charge is 2.30. The summed E-state index contributed by atoms with van der Waals surface area (Å²) in [6, 6.07) is 9.83. The second-order valence-corrected chi connectivity index (χ2v) is 9.00. The third-order valence-electron chi connectivity index (χ3n) is 4.67. The van der Waals surface area contributed by atoms with Crippen LogP contribution in [0.1, 0.15) is 18.4 Å². The third kappa shape index (κ3) is 9.69. The van der Waals surface area contributed by atoms with Crippen LogP contribution in [0.15, 0.2) is 36.4 Å². The van der Waals surface area contributed by atoms with E-state index >= 15 is 0 Å². The molecule has 1 aromatic rings. The lowest BCUT2D eigenvalue weighted by molar-refractivity contribution is -0.131.